The van der Waals surface area contributed by atoms with Gasteiger partial charge in [0.25, 0.3) is 0 Å². The van der Waals surface area contributed by atoms with E-state index >= 15 is 0 Å². The van der Waals surface area contributed by atoms with Crippen molar-refractivity contribution in [3.8, 4) is 12.1 Å². The van der Waals surface area contributed by atoms with Gasteiger partial charge in [0.15, 0.2) is 0 Å². The van der Waals surface area contributed by atoms with Crippen LogP contribution in [-0.4, -0.2) is 36.3 Å². The van der Waals surface area contributed by atoms with Gasteiger partial charge in [-0.25, -0.2) is 0 Å². The fourth-order valence-electron chi connectivity index (χ4n) is 1.58. The molecule has 0 saturated carbocycles. The van der Waals surface area contributed by atoms with E-state index in [2.05, 4.69) is 5.32 Å². The molecule has 1 saturated heterocycles. The molecule has 0 radical (unpaired) electrons. The minimum Gasteiger partial charge on any atom is -0.355 e. The molecule has 0 aromatic rings. The summed E-state index contributed by atoms with van der Waals surface area (Å²) in [6.07, 6.45) is 0.807. The van der Waals surface area contributed by atoms with Gasteiger partial charge in [-0.1, -0.05) is 0 Å². The highest BCUT2D eigenvalue weighted by Crippen LogP contribution is 2.13. The second kappa shape index (κ2) is 5.72. The first kappa shape index (κ1) is 12.0. The maximum Gasteiger partial charge on any atom is 0.229 e. The standard InChI is InChI=1S/C10H12N4O2/c11-3-5-14(6-4-12)10(16)8-1-2-9(15)13-7-8/h8H,1-2,5-7H2,(H,13,15). The quantitative estimate of drug-likeness (QED) is 0.641. The Morgan fingerprint density at radius 3 is 2.50 bits per heavy atom. The number of piperidine rings is 1. The van der Waals surface area contributed by atoms with Crippen molar-refractivity contribution in [2.75, 3.05) is 19.6 Å². The molecule has 1 fully saturated rings. The molecule has 0 aromatic heterocycles. The number of carbonyl (C=O) groups is 2. The van der Waals surface area contributed by atoms with E-state index in [0.717, 1.165) is 0 Å². The molecule has 0 spiro atoms. The van der Waals surface area contributed by atoms with E-state index < -0.39 is 0 Å². The summed E-state index contributed by atoms with van der Waals surface area (Å²) in [5.74, 6) is -0.598. The van der Waals surface area contributed by atoms with E-state index in [4.69, 9.17) is 10.5 Å². The summed E-state index contributed by atoms with van der Waals surface area (Å²) in [4.78, 5) is 24.0. The smallest absolute Gasteiger partial charge is 0.229 e. The minimum atomic E-state index is -0.306. The van der Waals surface area contributed by atoms with Crippen molar-refractivity contribution in [1.29, 1.82) is 10.5 Å². The fraction of sp³-hybridized carbons (Fsp3) is 0.600. The predicted octanol–water partition coefficient (Wildman–Crippen LogP) is -0.612. The third-order valence-electron chi connectivity index (χ3n) is 2.45. The van der Waals surface area contributed by atoms with Crippen molar-refractivity contribution in [2.24, 2.45) is 5.92 Å². The van der Waals surface area contributed by atoms with Gasteiger partial charge in [-0.15, -0.1) is 0 Å². The summed E-state index contributed by atoms with van der Waals surface area (Å²) in [6.45, 7) is 0.124. The van der Waals surface area contributed by atoms with Crippen LogP contribution in [0.25, 0.3) is 0 Å². The first-order valence-corrected chi connectivity index (χ1v) is 4.98. The molecule has 1 atom stereocenters. The molecule has 1 N–H and O–H groups in total. The Kier molecular flexibility index (Phi) is 4.28. The van der Waals surface area contributed by atoms with E-state index in [1.54, 1.807) is 0 Å². The Bertz CT molecular complexity index is 340. The first-order valence-electron chi connectivity index (χ1n) is 4.98. The van der Waals surface area contributed by atoms with Gasteiger partial charge in [0.2, 0.25) is 11.8 Å². The largest absolute Gasteiger partial charge is 0.355 e. The molecule has 0 aromatic carbocycles. The van der Waals surface area contributed by atoms with Crippen molar-refractivity contribution < 1.29 is 9.59 Å². The summed E-state index contributed by atoms with van der Waals surface area (Å²) < 4.78 is 0. The van der Waals surface area contributed by atoms with Crippen molar-refractivity contribution in [1.82, 2.24) is 10.2 Å². The summed E-state index contributed by atoms with van der Waals surface area (Å²) in [5, 5.41) is 19.7. The van der Waals surface area contributed by atoms with Crippen LogP contribution in [0.5, 0.6) is 0 Å². The van der Waals surface area contributed by atoms with Crippen LogP contribution in [0.1, 0.15) is 12.8 Å². The van der Waals surface area contributed by atoms with Crippen molar-refractivity contribution in [3.63, 3.8) is 0 Å². The number of hydrogen-bond acceptors (Lipinski definition) is 4. The van der Waals surface area contributed by atoms with Gasteiger partial charge < -0.3 is 10.2 Å². The second-order valence-electron chi connectivity index (χ2n) is 3.55. The SMILES string of the molecule is N#CCN(CC#N)C(=O)C1CCC(=O)NC1. The van der Waals surface area contributed by atoms with Crippen LogP contribution >= 0.6 is 0 Å². The molecule has 1 heterocycles. The summed E-state index contributed by atoms with van der Waals surface area (Å²) in [6, 6.07) is 3.70. The maximum atomic E-state index is 11.9. The molecule has 16 heavy (non-hydrogen) atoms. The lowest BCUT2D eigenvalue weighted by Gasteiger charge is -2.26. The number of amides is 2. The maximum absolute atomic E-state index is 11.9. The number of rotatable bonds is 3. The highest BCUT2D eigenvalue weighted by atomic mass is 16.2. The van der Waals surface area contributed by atoms with Crippen LogP contribution < -0.4 is 5.32 Å². The fourth-order valence-corrected chi connectivity index (χ4v) is 1.58. The van der Waals surface area contributed by atoms with Gasteiger partial charge in [-0.2, -0.15) is 10.5 Å². The zero-order chi connectivity index (χ0) is 12.0. The lowest BCUT2D eigenvalue weighted by molar-refractivity contribution is -0.136. The molecule has 0 aliphatic carbocycles. The van der Waals surface area contributed by atoms with E-state index in [1.165, 1.54) is 4.90 Å². The molecular formula is C10H12N4O2. The average molecular weight is 220 g/mol. The molecule has 2 amide bonds. The van der Waals surface area contributed by atoms with E-state index in [9.17, 15) is 9.59 Å². The van der Waals surface area contributed by atoms with Gasteiger partial charge in [0, 0.05) is 13.0 Å². The lowest BCUT2D eigenvalue weighted by atomic mass is 9.97. The number of nitrogens with one attached hydrogen (secondary N) is 1. The van der Waals surface area contributed by atoms with Crippen LogP contribution in [0.2, 0.25) is 0 Å². The van der Waals surface area contributed by atoms with Crippen LogP contribution in [0, 0.1) is 28.6 Å². The summed E-state index contributed by atoms with van der Waals surface area (Å²) >= 11 is 0. The lowest BCUT2D eigenvalue weighted by Crippen LogP contribution is -2.45. The third-order valence-corrected chi connectivity index (χ3v) is 2.45. The number of carbonyl (C=O) groups excluding carboxylic acids is 2. The van der Waals surface area contributed by atoms with Gasteiger partial charge in [0.1, 0.15) is 13.1 Å². The Hall–Kier alpha value is -2.08. The molecule has 1 aliphatic heterocycles. The zero-order valence-electron chi connectivity index (χ0n) is 8.77. The summed E-state index contributed by atoms with van der Waals surface area (Å²) in [7, 11) is 0. The minimum absolute atomic E-state index is 0.0591. The first-order chi connectivity index (χ1) is 7.69. The van der Waals surface area contributed by atoms with Gasteiger partial charge in [0.05, 0.1) is 18.1 Å². The second-order valence-corrected chi connectivity index (χ2v) is 3.55. The van der Waals surface area contributed by atoms with Gasteiger partial charge >= 0.3 is 0 Å². The molecule has 0 bridgehead atoms. The molecule has 84 valence electrons. The topological polar surface area (TPSA) is 97.0 Å². The average Bonchev–Trinajstić information content (AvgIpc) is 2.29. The Balaban J connectivity index is 2.58. The Labute approximate surface area is 93.4 Å². The normalized spacial score (nSPS) is 19.1. The number of hydrogen-bond donors (Lipinski definition) is 1. The number of nitrogens with zero attached hydrogens (tertiary/aromatic N) is 3. The van der Waals surface area contributed by atoms with Gasteiger partial charge in [-0.3, -0.25) is 9.59 Å². The Morgan fingerprint density at radius 2 is 2.06 bits per heavy atom. The van der Waals surface area contributed by atoms with Crippen LogP contribution in [0.15, 0.2) is 0 Å². The Morgan fingerprint density at radius 1 is 1.44 bits per heavy atom. The highest BCUT2D eigenvalue weighted by Gasteiger charge is 2.27. The van der Waals surface area contributed by atoms with Gasteiger partial charge in [-0.05, 0) is 6.42 Å². The molecule has 6 heteroatoms. The van der Waals surface area contributed by atoms with Crippen LogP contribution in [0.4, 0.5) is 0 Å². The van der Waals surface area contributed by atoms with E-state index in [-0.39, 0.29) is 30.8 Å². The zero-order valence-corrected chi connectivity index (χ0v) is 8.77. The number of nitriles is 2. The van der Waals surface area contributed by atoms with E-state index in [0.29, 0.717) is 19.4 Å². The molecule has 1 unspecified atom stereocenters. The van der Waals surface area contributed by atoms with Crippen LogP contribution in [-0.2, 0) is 9.59 Å². The summed E-state index contributed by atoms with van der Waals surface area (Å²) in [5.41, 5.74) is 0. The third kappa shape index (κ3) is 2.96. The monoisotopic (exact) mass is 220 g/mol. The van der Waals surface area contributed by atoms with Crippen molar-refractivity contribution >= 4 is 11.8 Å². The molecular weight excluding hydrogens is 208 g/mol. The molecule has 1 aliphatic rings. The predicted molar refractivity (Wildman–Crippen MR) is 53.5 cm³/mol. The van der Waals surface area contributed by atoms with Crippen molar-refractivity contribution in [3.05, 3.63) is 0 Å². The highest BCUT2D eigenvalue weighted by molar-refractivity contribution is 5.84. The molecule has 6 nitrogen and oxygen atoms in total. The van der Waals surface area contributed by atoms with E-state index in [1.807, 2.05) is 12.1 Å². The van der Waals surface area contributed by atoms with Crippen molar-refractivity contribution in [2.45, 2.75) is 12.8 Å². The van der Waals surface area contributed by atoms with Crippen LogP contribution in [0.3, 0.4) is 0 Å². The molecule has 1 rings (SSSR count).